The number of carbonyl (C=O) groups is 1. The molecule has 5 rings (SSSR count). The summed E-state index contributed by atoms with van der Waals surface area (Å²) in [7, 11) is 0. The molecular weight excluding hydrogens is 520 g/mol. The van der Waals surface area contributed by atoms with Crippen molar-refractivity contribution < 1.29 is 4.79 Å². The number of hydrogen-bond donors (Lipinski definition) is 3. The number of carbonyl (C=O) groups excluding carboxylic acids is 1. The number of nitrogens with zero attached hydrogens (tertiary/aromatic N) is 1. The smallest absolute Gasteiger partial charge is 0.224 e. The molecule has 1 aliphatic rings. The molecule has 0 atom stereocenters. The van der Waals surface area contributed by atoms with Gasteiger partial charge in [-0.25, -0.2) is 4.98 Å². The van der Waals surface area contributed by atoms with Crippen LogP contribution in [0, 0.1) is 0 Å². The Morgan fingerprint density at radius 2 is 0.929 bits per heavy atom. The molecule has 6 nitrogen and oxygen atoms in total. The summed E-state index contributed by atoms with van der Waals surface area (Å²) in [5, 5.41) is 0. The fraction of sp³-hybridized carbons (Fsp3) is 0.472. The first-order valence-corrected chi connectivity index (χ1v) is 16.1. The molecule has 6 heteroatoms. The Kier molecular flexibility index (Phi) is 8.19. The molecule has 222 valence electrons. The Hall–Kier alpha value is -3.67. The van der Waals surface area contributed by atoms with Crippen molar-refractivity contribution in [1.29, 1.82) is 0 Å². The van der Waals surface area contributed by atoms with Crippen LogP contribution in [0.5, 0.6) is 0 Å². The molecule has 0 saturated heterocycles. The highest BCUT2D eigenvalue weighted by atomic mass is 16.1. The predicted octanol–water partition coefficient (Wildman–Crippen LogP) is 8.20. The standard InChI is InChI=1S/C36H46N4O2/c1-9-20-21(10-2)28-18-30-24(13-5)25(14-6)32(39-30)33(41)34-36(15-7,16-8)35(42)31(40-34)19-29-23(12-4)22(11-3)27(38-29)17-26(20)37-28/h17-19,37-39H,9-16H2,1-8H3. The molecule has 0 saturated carbocycles. The number of aryl methyl sites for hydroxylation is 6. The van der Waals surface area contributed by atoms with E-state index in [4.69, 9.17) is 4.98 Å². The molecule has 4 aromatic heterocycles. The van der Waals surface area contributed by atoms with Crippen LogP contribution in [0.2, 0.25) is 0 Å². The monoisotopic (exact) mass is 566 g/mol. The zero-order valence-electron chi connectivity index (χ0n) is 26.7. The first kappa shape index (κ1) is 29.8. The van der Waals surface area contributed by atoms with Gasteiger partial charge in [-0.2, -0.15) is 0 Å². The van der Waals surface area contributed by atoms with Gasteiger partial charge in [0.05, 0.1) is 10.9 Å². The number of Topliss-reactive ketones (excluding diaryl/α,β-unsaturated/α-hetero) is 1. The lowest BCUT2D eigenvalue weighted by atomic mass is 9.76. The number of aromatic amines is 3. The average Bonchev–Trinajstić information content (AvgIpc) is 3.71. The number of fused-ring (bicyclic) bond motifs is 8. The van der Waals surface area contributed by atoms with Gasteiger partial charge in [0, 0.05) is 27.6 Å². The maximum atomic E-state index is 14.5. The summed E-state index contributed by atoms with van der Waals surface area (Å²) in [6.07, 6.45) is 6.10. The molecule has 0 spiro atoms. The quantitative estimate of drug-likeness (QED) is 0.201. The second-order valence-electron chi connectivity index (χ2n) is 11.5. The highest BCUT2D eigenvalue weighted by Gasteiger charge is 2.45. The SMILES string of the molecule is CCc1c(CC)c2cc3[nH]c(cc4[nH]c(c(CC)c4CC)c(=O)c4nc(cc1[nH]2)C(=O)C4(CC)CC)c(CC)c3CC. The van der Waals surface area contributed by atoms with Crippen LogP contribution in [0.4, 0.5) is 0 Å². The summed E-state index contributed by atoms with van der Waals surface area (Å²) in [5.74, 6) is -0.0538. The first-order chi connectivity index (χ1) is 20.3. The number of nitrogens with one attached hydrogen (secondary N) is 3. The van der Waals surface area contributed by atoms with E-state index in [2.05, 4.69) is 68.6 Å². The van der Waals surface area contributed by atoms with Crippen molar-refractivity contribution in [3.05, 3.63) is 73.2 Å². The van der Waals surface area contributed by atoms with Crippen LogP contribution in [0.1, 0.15) is 118 Å². The fourth-order valence-corrected chi connectivity index (χ4v) is 7.51. The van der Waals surface area contributed by atoms with Gasteiger partial charge in [0.15, 0.2) is 5.78 Å². The average molecular weight is 567 g/mol. The van der Waals surface area contributed by atoms with E-state index in [1.807, 2.05) is 19.9 Å². The lowest BCUT2D eigenvalue weighted by Crippen LogP contribution is -2.35. The maximum absolute atomic E-state index is 14.5. The van der Waals surface area contributed by atoms with Crippen LogP contribution in [0.3, 0.4) is 0 Å². The third kappa shape index (κ3) is 4.33. The molecule has 42 heavy (non-hydrogen) atoms. The minimum atomic E-state index is -0.926. The van der Waals surface area contributed by atoms with Gasteiger partial charge >= 0.3 is 0 Å². The molecule has 0 unspecified atom stereocenters. The molecule has 8 bridgehead atoms. The van der Waals surface area contributed by atoms with E-state index in [0.29, 0.717) is 29.7 Å². The van der Waals surface area contributed by atoms with Gasteiger partial charge in [-0.05, 0) is 103 Å². The lowest BCUT2D eigenvalue weighted by Gasteiger charge is -2.22. The zero-order valence-corrected chi connectivity index (χ0v) is 26.7. The third-order valence-electron chi connectivity index (χ3n) is 9.80. The van der Waals surface area contributed by atoms with Crippen molar-refractivity contribution in [3.63, 3.8) is 0 Å². The minimum Gasteiger partial charge on any atom is -0.355 e. The zero-order chi connectivity index (χ0) is 30.3. The molecule has 0 amide bonds. The topological polar surface area (TPSA) is 94.4 Å². The highest BCUT2D eigenvalue weighted by molar-refractivity contribution is 6.05. The molecule has 0 fully saturated rings. The molecule has 3 N–H and O–H groups in total. The van der Waals surface area contributed by atoms with Crippen LogP contribution in [-0.4, -0.2) is 25.7 Å². The van der Waals surface area contributed by atoms with E-state index in [1.54, 1.807) is 0 Å². The molecule has 0 aromatic carbocycles. The Balaban J connectivity index is 2.12. The predicted molar refractivity (Wildman–Crippen MR) is 175 cm³/mol. The first-order valence-electron chi connectivity index (χ1n) is 16.1. The fourth-order valence-electron chi connectivity index (χ4n) is 7.51. The second-order valence-corrected chi connectivity index (χ2v) is 11.5. The van der Waals surface area contributed by atoms with Crippen LogP contribution in [0.25, 0.3) is 33.1 Å². The van der Waals surface area contributed by atoms with Crippen molar-refractivity contribution in [2.75, 3.05) is 0 Å². The van der Waals surface area contributed by atoms with Crippen molar-refractivity contribution in [2.24, 2.45) is 0 Å². The molecule has 5 heterocycles. The summed E-state index contributed by atoms with van der Waals surface area (Å²) in [4.78, 5) is 44.4. The number of H-pyrrole nitrogens is 3. The largest absolute Gasteiger partial charge is 0.355 e. The Morgan fingerprint density at radius 1 is 0.548 bits per heavy atom. The van der Waals surface area contributed by atoms with Gasteiger partial charge in [-0.1, -0.05) is 55.4 Å². The Labute approximate surface area is 248 Å². The summed E-state index contributed by atoms with van der Waals surface area (Å²) in [6.45, 7) is 17.0. The van der Waals surface area contributed by atoms with E-state index >= 15 is 0 Å². The van der Waals surface area contributed by atoms with Crippen molar-refractivity contribution >= 4 is 38.9 Å². The van der Waals surface area contributed by atoms with Crippen LogP contribution in [0.15, 0.2) is 23.0 Å². The number of hydrogen-bond acceptors (Lipinski definition) is 3. The second kappa shape index (κ2) is 11.5. The van der Waals surface area contributed by atoms with E-state index in [-0.39, 0.29) is 11.2 Å². The molecule has 1 aliphatic heterocycles. The van der Waals surface area contributed by atoms with E-state index in [9.17, 15) is 9.59 Å². The van der Waals surface area contributed by atoms with Crippen molar-refractivity contribution in [3.8, 4) is 0 Å². The molecule has 0 radical (unpaired) electrons. The number of rotatable bonds is 8. The van der Waals surface area contributed by atoms with E-state index < -0.39 is 5.41 Å². The van der Waals surface area contributed by atoms with Crippen LogP contribution >= 0.6 is 0 Å². The van der Waals surface area contributed by atoms with Gasteiger partial charge in [0.2, 0.25) is 5.43 Å². The van der Waals surface area contributed by atoms with Crippen molar-refractivity contribution in [2.45, 2.75) is 112 Å². The molecule has 0 aliphatic carbocycles. The van der Waals surface area contributed by atoms with Crippen LogP contribution in [-0.2, 0) is 43.9 Å². The Bertz CT molecular complexity index is 1860. The van der Waals surface area contributed by atoms with Gasteiger partial charge < -0.3 is 15.0 Å². The normalized spacial score (nSPS) is 13.9. The minimum absolute atomic E-state index is 0.0538. The van der Waals surface area contributed by atoms with E-state index in [1.165, 1.54) is 22.3 Å². The van der Waals surface area contributed by atoms with Gasteiger partial charge in [0.25, 0.3) is 0 Å². The number of ketones is 1. The van der Waals surface area contributed by atoms with Gasteiger partial charge in [-0.3, -0.25) is 9.59 Å². The summed E-state index contributed by atoms with van der Waals surface area (Å²) < 4.78 is 0. The summed E-state index contributed by atoms with van der Waals surface area (Å²) in [5.41, 5.74) is 12.6. The van der Waals surface area contributed by atoms with Gasteiger partial charge in [-0.15, -0.1) is 0 Å². The lowest BCUT2D eigenvalue weighted by molar-refractivity contribution is 0.0885. The van der Waals surface area contributed by atoms with E-state index in [0.717, 1.165) is 77.2 Å². The van der Waals surface area contributed by atoms with Crippen molar-refractivity contribution in [1.82, 2.24) is 19.9 Å². The maximum Gasteiger partial charge on any atom is 0.224 e. The summed E-state index contributed by atoms with van der Waals surface area (Å²) >= 11 is 0. The highest BCUT2D eigenvalue weighted by Crippen LogP contribution is 2.37. The Morgan fingerprint density at radius 3 is 1.33 bits per heavy atom. The molecular formula is C36H46N4O2. The summed E-state index contributed by atoms with van der Waals surface area (Å²) in [6, 6.07) is 6.33. The van der Waals surface area contributed by atoms with Crippen LogP contribution < -0.4 is 5.43 Å². The third-order valence-corrected chi connectivity index (χ3v) is 9.80. The number of aromatic nitrogens is 4. The molecule has 4 aromatic rings. The van der Waals surface area contributed by atoms with Gasteiger partial charge in [0.1, 0.15) is 11.4 Å².